The summed E-state index contributed by atoms with van der Waals surface area (Å²) in [5, 5.41) is 12.4. The maximum atomic E-state index is 12.4. The third-order valence-electron chi connectivity index (χ3n) is 4.14. The minimum Gasteiger partial charge on any atom is -0.503 e. The van der Waals surface area contributed by atoms with Crippen LogP contribution in [0.4, 0.5) is 11.4 Å². The van der Waals surface area contributed by atoms with Gasteiger partial charge in [0.25, 0.3) is 5.91 Å². The van der Waals surface area contributed by atoms with Gasteiger partial charge in [-0.3, -0.25) is 4.79 Å². The normalized spacial score (nSPS) is 15.8. The number of morpholine rings is 1. The van der Waals surface area contributed by atoms with Crippen molar-refractivity contribution in [1.82, 2.24) is 0 Å². The highest BCUT2D eigenvalue weighted by atomic mass is 16.5. The van der Waals surface area contributed by atoms with Gasteiger partial charge in [0.1, 0.15) is 0 Å². The summed E-state index contributed by atoms with van der Waals surface area (Å²) in [6, 6.07) is 10.7. The molecule has 3 rings (SSSR count). The first-order valence-corrected chi connectivity index (χ1v) is 8.07. The first kappa shape index (κ1) is 16.3. The molecule has 0 unspecified atom stereocenters. The average molecular weight is 328 g/mol. The molecule has 1 aliphatic rings. The van der Waals surface area contributed by atoms with Crippen molar-refractivity contribution in [1.29, 1.82) is 0 Å². The number of nitrogens with one attached hydrogen (secondary N) is 1. The third kappa shape index (κ3) is 3.83. The predicted molar refractivity (Wildman–Crippen MR) is 91.1 cm³/mol. The fourth-order valence-corrected chi connectivity index (χ4v) is 2.68. The number of ether oxygens (including phenoxy) is 1. The molecule has 24 heavy (non-hydrogen) atoms. The van der Waals surface area contributed by atoms with Crippen LogP contribution in [-0.2, 0) is 9.53 Å². The monoisotopic (exact) mass is 328 g/mol. The van der Waals surface area contributed by atoms with E-state index in [-0.39, 0.29) is 11.7 Å². The number of carbonyl (C=O) groups is 1. The number of amides is 1. The van der Waals surface area contributed by atoms with E-state index in [2.05, 4.69) is 10.2 Å². The van der Waals surface area contributed by atoms with E-state index in [4.69, 9.17) is 4.74 Å². The minimum atomic E-state index is -0.420. The zero-order chi connectivity index (χ0) is 16.9. The van der Waals surface area contributed by atoms with Gasteiger partial charge in [-0.05, 0) is 30.3 Å². The molecule has 1 aromatic heterocycles. The van der Waals surface area contributed by atoms with Crippen LogP contribution < -0.4 is 14.8 Å². The number of benzene rings is 1. The number of anilines is 2. The molecule has 1 aliphatic heterocycles. The second-order valence-corrected chi connectivity index (χ2v) is 5.82. The second kappa shape index (κ2) is 7.31. The van der Waals surface area contributed by atoms with Crippen LogP contribution in [0.25, 0.3) is 0 Å². The Bertz CT molecular complexity index is 697. The van der Waals surface area contributed by atoms with Crippen molar-refractivity contribution in [2.75, 3.05) is 36.5 Å². The van der Waals surface area contributed by atoms with E-state index in [9.17, 15) is 9.90 Å². The standard InChI is InChI=1S/C18H21N3O3/c1-14(21-8-2-3-17(22)13-21)18(23)19-15-4-6-16(7-5-15)20-9-11-24-12-10-20/h2-8,13-14H,9-12H2,1H3,(H-,19,22,23)/p+1/t14-/m1/s1. The van der Waals surface area contributed by atoms with Crippen LogP contribution in [-0.4, -0.2) is 37.3 Å². The van der Waals surface area contributed by atoms with Crippen LogP contribution in [0.3, 0.4) is 0 Å². The molecule has 0 radical (unpaired) electrons. The summed E-state index contributed by atoms with van der Waals surface area (Å²) in [5.41, 5.74) is 1.89. The molecule has 1 atom stereocenters. The van der Waals surface area contributed by atoms with Crippen LogP contribution in [0, 0.1) is 0 Å². The Balaban J connectivity index is 1.63. The van der Waals surface area contributed by atoms with Gasteiger partial charge in [-0.2, -0.15) is 4.57 Å². The van der Waals surface area contributed by atoms with Crippen molar-refractivity contribution in [2.24, 2.45) is 0 Å². The number of nitrogens with zero attached hydrogens (tertiary/aromatic N) is 2. The van der Waals surface area contributed by atoms with Gasteiger partial charge >= 0.3 is 0 Å². The van der Waals surface area contributed by atoms with Crippen molar-refractivity contribution < 1.29 is 19.2 Å². The topological polar surface area (TPSA) is 65.7 Å². The molecule has 2 aromatic rings. The lowest BCUT2D eigenvalue weighted by molar-refractivity contribution is -0.705. The van der Waals surface area contributed by atoms with Crippen molar-refractivity contribution in [3.63, 3.8) is 0 Å². The average Bonchev–Trinajstić information content (AvgIpc) is 2.62. The summed E-state index contributed by atoms with van der Waals surface area (Å²) in [6.07, 6.45) is 3.29. The summed E-state index contributed by atoms with van der Waals surface area (Å²) in [4.78, 5) is 14.6. The van der Waals surface area contributed by atoms with Crippen LogP contribution in [0.2, 0.25) is 0 Å². The van der Waals surface area contributed by atoms with Gasteiger partial charge in [0.05, 0.1) is 13.2 Å². The van der Waals surface area contributed by atoms with Gasteiger partial charge in [-0.1, -0.05) is 0 Å². The van der Waals surface area contributed by atoms with E-state index in [1.54, 1.807) is 29.8 Å². The van der Waals surface area contributed by atoms with Gasteiger partial charge in [0, 0.05) is 37.5 Å². The summed E-state index contributed by atoms with van der Waals surface area (Å²) >= 11 is 0. The fraction of sp³-hybridized carbons (Fsp3) is 0.333. The lowest BCUT2D eigenvalue weighted by atomic mass is 10.2. The highest BCUT2D eigenvalue weighted by molar-refractivity contribution is 5.92. The molecule has 2 N–H and O–H groups in total. The number of aromatic nitrogens is 1. The Morgan fingerprint density at radius 2 is 1.96 bits per heavy atom. The van der Waals surface area contributed by atoms with E-state index in [1.807, 2.05) is 24.3 Å². The van der Waals surface area contributed by atoms with E-state index in [0.717, 1.165) is 37.7 Å². The van der Waals surface area contributed by atoms with Gasteiger partial charge in [-0.15, -0.1) is 0 Å². The highest BCUT2D eigenvalue weighted by Crippen LogP contribution is 2.19. The first-order chi connectivity index (χ1) is 11.6. The second-order valence-electron chi connectivity index (χ2n) is 5.82. The third-order valence-corrected chi connectivity index (χ3v) is 4.14. The molecular weight excluding hydrogens is 306 g/mol. The zero-order valence-electron chi connectivity index (χ0n) is 13.7. The van der Waals surface area contributed by atoms with Crippen LogP contribution in [0.1, 0.15) is 13.0 Å². The van der Waals surface area contributed by atoms with Gasteiger partial charge in [-0.25, -0.2) is 0 Å². The lowest BCUT2D eigenvalue weighted by Crippen LogP contribution is -2.43. The minimum absolute atomic E-state index is 0.131. The molecule has 0 bridgehead atoms. The van der Waals surface area contributed by atoms with E-state index < -0.39 is 6.04 Å². The highest BCUT2D eigenvalue weighted by Gasteiger charge is 2.22. The molecule has 0 saturated carbocycles. The molecule has 2 heterocycles. The summed E-state index contributed by atoms with van der Waals surface area (Å²) in [6.45, 7) is 5.05. The number of aromatic hydroxyl groups is 1. The maximum absolute atomic E-state index is 12.4. The van der Waals surface area contributed by atoms with E-state index >= 15 is 0 Å². The number of hydrogen-bond donors (Lipinski definition) is 2. The molecule has 6 nitrogen and oxygen atoms in total. The molecule has 1 saturated heterocycles. The Hall–Kier alpha value is -2.60. The summed E-state index contributed by atoms with van der Waals surface area (Å²) in [7, 11) is 0. The number of hydrogen-bond acceptors (Lipinski definition) is 4. The molecule has 6 heteroatoms. The van der Waals surface area contributed by atoms with Gasteiger partial charge < -0.3 is 20.1 Å². The van der Waals surface area contributed by atoms with Gasteiger partial charge in [0.2, 0.25) is 12.2 Å². The predicted octanol–water partition coefficient (Wildman–Crippen LogP) is 1.72. The van der Waals surface area contributed by atoms with Crippen molar-refractivity contribution in [3.05, 3.63) is 48.8 Å². The Morgan fingerprint density at radius 1 is 1.25 bits per heavy atom. The Morgan fingerprint density at radius 3 is 2.62 bits per heavy atom. The molecule has 126 valence electrons. The fourth-order valence-electron chi connectivity index (χ4n) is 2.68. The summed E-state index contributed by atoms with van der Waals surface area (Å²) in [5.74, 6) is -0.00302. The zero-order valence-corrected chi connectivity index (χ0v) is 13.7. The van der Waals surface area contributed by atoms with Crippen molar-refractivity contribution >= 4 is 17.3 Å². The van der Waals surface area contributed by atoms with Crippen molar-refractivity contribution in [3.8, 4) is 5.75 Å². The smallest absolute Gasteiger partial charge is 0.293 e. The molecule has 0 aliphatic carbocycles. The van der Waals surface area contributed by atoms with Crippen LogP contribution in [0.5, 0.6) is 5.75 Å². The maximum Gasteiger partial charge on any atom is 0.293 e. The SMILES string of the molecule is C[C@H](C(=O)Nc1ccc(N2CCOCC2)cc1)[n+]1cccc(O)c1. The lowest BCUT2D eigenvalue weighted by Gasteiger charge is -2.28. The van der Waals surface area contributed by atoms with Crippen LogP contribution >= 0.6 is 0 Å². The van der Waals surface area contributed by atoms with E-state index in [1.165, 1.54) is 6.20 Å². The quantitative estimate of drug-likeness (QED) is 0.839. The molecule has 0 spiro atoms. The molecule has 1 fully saturated rings. The van der Waals surface area contributed by atoms with Gasteiger partial charge in [0.15, 0.2) is 11.9 Å². The number of rotatable bonds is 4. The largest absolute Gasteiger partial charge is 0.503 e. The number of pyridine rings is 1. The first-order valence-electron chi connectivity index (χ1n) is 8.07. The molecular formula is C18H22N3O3+. The van der Waals surface area contributed by atoms with Crippen molar-refractivity contribution in [2.45, 2.75) is 13.0 Å². The molecule has 1 aromatic carbocycles. The van der Waals surface area contributed by atoms with E-state index in [0.29, 0.717) is 0 Å². The summed E-state index contributed by atoms with van der Waals surface area (Å²) < 4.78 is 7.03. The Labute approximate surface area is 141 Å². The number of carbonyl (C=O) groups excluding carboxylic acids is 1. The van der Waals surface area contributed by atoms with Crippen LogP contribution in [0.15, 0.2) is 48.8 Å². The Kier molecular flexibility index (Phi) is 4.96. The molecule has 1 amide bonds.